The summed E-state index contributed by atoms with van der Waals surface area (Å²) in [6.07, 6.45) is 9.51. The Hall–Kier alpha value is -4.16. The molecule has 3 aromatic heterocycles. The molecule has 32 heavy (non-hydrogen) atoms. The summed E-state index contributed by atoms with van der Waals surface area (Å²) in [6, 6.07) is 17.8. The number of nitrogens with zero attached hydrogens (tertiary/aromatic N) is 4. The number of anilines is 3. The average molecular weight is 437 g/mol. The fourth-order valence-electron chi connectivity index (χ4n) is 3.92. The second-order valence-electron chi connectivity index (χ2n) is 7.53. The number of pyridine rings is 1. The van der Waals surface area contributed by atoms with Crippen LogP contribution >= 0.6 is 11.6 Å². The number of hydrogen-bond acceptors (Lipinski definition) is 5. The van der Waals surface area contributed by atoms with Crippen molar-refractivity contribution >= 4 is 56.6 Å². The minimum atomic E-state index is 0.413. The SMILES string of the molecule is Nc1ncnc2c1c(-c1cc3nc(Nc4ccccc4)ccc3cc1Cl)cn2C1=CC=C1. The van der Waals surface area contributed by atoms with E-state index in [1.54, 1.807) is 0 Å². The number of nitrogen functional groups attached to an aromatic ring is 1. The Morgan fingerprint density at radius 3 is 2.59 bits per heavy atom. The number of nitrogens with one attached hydrogen (secondary N) is 1. The maximum absolute atomic E-state index is 6.73. The van der Waals surface area contributed by atoms with Gasteiger partial charge in [-0.3, -0.25) is 0 Å². The molecule has 1 aliphatic rings. The summed E-state index contributed by atoms with van der Waals surface area (Å²) in [6.45, 7) is 0. The summed E-state index contributed by atoms with van der Waals surface area (Å²) in [4.78, 5) is 13.5. The highest BCUT2D eigenvalue weighted by Crippen LogP contribution is 2.40. The Balaban J connectivity index is 1.52. The van der Waals surface area contributed by atoms with Gasteiger partial charge in [-0.15, -0.1) is 0 Å². The van der Waals surface area contributed by atoms with E-state index in [1.807, 2.05) is 83.6 Å². The lowest BCUT2D eigenvalue weighted by Crippen LogP contribution is -1.99. The van der Waals surface area contributed by atoms with Crippen molar-refractivity contribution in [2.45, 2.75) is 0 Å². The van der Waals surface area contributed by atoms with Crippen LogP contribution in [-0.2, 0) is 0 Å². The molecule has 0 unspecified atom stereocenters. The smallest absolute Gasteiger partial charge is 0.150 e. The van der Waals surface area contributed by atoms with Gasteiger partial charge in [-0.1, -0.05) is 35.9 Å². The first kappa shape index (κ1) is 18.6. The van der Waals surface area contributed by atoms with Gasteiger partial charge in [0.25, 0.3) is 0 Å². The van der Waals surface area contributed by atoms with Crippen molar-refractivity contribution in [1.29, 1.82) is 0 Å². The van der Waals surface area contributed by atoms with Crippen molar-refractivity contribution in [3.8, 4) is 11.1 Å². The van der Waals surface area contributed by atoms with E-state index in [2.05, 4.69) is 15.3 Å². The summed E-state index contributed by atoms with van der Waals surface area (Å²) in [5, 5.41) is 5.68. The number of allylic oxidation sites excluding steroid dienone is 4. The van der Waals surface area contributed by atoms with E-state index in [1.165, 1.54) is 6.33 Å². The van der Waals surface area contributed by atoms with Crippen LogP contribution in [0.25, 0.3) is 38.8 Å². The van der Waals surface area contributed by atoms with Crippen molar-refractivity contribution in [3.63, 3.8) is 0 Å². The monoisotopic (exact) mass is 436 g/mol. The number of nitrogens with two attached hydrogens (primary N) is 1. The average Bonchev–Trinajstić information content (AvgIpc) is 3.13. The number of fused-ring (bicyclic) bond motifs is 2. The van der Waals surface area contributed by atoms with E-state index in [9.17, 15) is 0 Å². The molecule has 5 aromatic rings. The minimum absolute atomic E-state index is 0.413. The fraction of sp³-hybridized carbons (Fsp3) is 0. The lowest BCUT2D eigenvalue weighted by Gasteiger charge is -2.10. The summed E-state index contributed by atoms with van der Waals surface area (Å²) in [5.41, 5.74) is 11.5. The number of para-hydroxylation sites is 1. The number of rotatable bonds is 4. The lowest BCUT2D eigenvalue weighted by atomic mass is 10.0. The Kier molecular flexibility index (Phi) is 4.19. The predicted octanol–water partition coefficient (Wildman–Crippen LogP) is 6.04. The maximum atomic E-state index is 6.73. The van der Waals surface area contributed by atoms with Crippen LogP contribution in [-0.4, -0.2) is 19.5 Å². The number of hydrogen-bond donors (Lipinski definition) is 2. The van der Waals surface area contributed by atoms with Crippen LogP contribution in [0.4, 0.5) is 17.3 Å². The van der Waals surface area contributed by atoms with Gasteiger partial charge in [-0.05, 0) is 48.6 Å². The molecule has 0 fully saturated rings. The van der Waals surface area contributed by atoms with Gasteiger partial charge in [0.15, 0.2) is 5.65 Å². The summed E-state index contributed by atoms with van der Waals surface area (Å²) >= 11 is 6.73. The molecule has 3 N–H and O–H groups in total. The first-order valence-electron chi connectivity index (χ1n) is 10.1. The molecule has 154 valence electrons. The number of halogens is 1. The fourth-order valence-corrected chi connectivity index (χ4v) is 4.19. The zero-order valence-corrected chi connectivity index (χ0v) is 17.6. The second-order valence-corrected chi connectivity index (χ2v) is 7.94. The van der Waals surface area contributed by atoms with E-state index in [0.717, 1.165) is 50.3 Å². The van der Waals surface area contributed by atoms with Crippen LogP contribution in [0.3, 0.4) is 0 Å². The normalized spacial score (nSPS) is 12.7. The van der Waals surface area contributed by atoms with Gasteiger partial charge >= 0.3 is 0 Å². The Morgan fingerprint density at radius 2 is 1.81 bits per heavy atom. The third-order valence-corrected chi connectivity index (χ3v) is 5.85. The molecule has 3 heterocycles. The van der Waals surface area contributed by atoms with E-state index in [4.69, 9.17) is 22.3 Å². The van der Waals surface area contributed by atoms with Gasteiger partial charge in [0.2, 0.25) is 0 Å². The van der Waals surface area contributed by atoms with E-state index in [-0.39, 0.29) is 0 Å². The van der Waals surface area contributed by atoms with E-state index < -0.39 is 0 Å². The van der Waals surface area contributed by atoms with Crippen LogP contribution in [0, 0.1) is 0 Å². The third-order valence-electron chi connectivity index (χ3n) is 5.54. The standard InChI is InChI=1S/C25H17ClN6/c26-20-11-15-9-10-22(30-16-5-2-1-3-6-16)31-21(15)12-18(20)19-13-32(17-7-4-8-17)25-23(19)24(27)28-14-29-25/h1-14H,(H,30,31)(H2,27,28,29). The first-order valence-corrected chi connectivity index (χ1v) is 10.5. The molecule has 1 aliphatic carbocycles. The summed E-state index contributed by atoms with van der Waals surface area (Å²) in [7, 11) is 0. The number of aromatic nitrogens is 4. The largest absolute Gasteiger partial charge is 0.383 e. The van der Waals surface area contributed by atoms with Crippen LogP contribution in [0.15, 0.2) is 85.3 Å². The van der Waals surface area contributed by atoms with Gasteiger partial charge in [0.1, 0.15) is 18.0 Å². The highest BCUT2D eigenvalue weighted by Gasteiger charge is 2.19. The highest BCUT2D eigenvalue weighted by molar-refractivity contribution is 6.34. The molecule has 2 aromatic carbocycles. The van der Waals surface area contributed by atoms with Gasteiger partial charge in [0, 0.05) is 39.1 Å². The van der Waals surface area contributed by atoms with Gasteiger partial charge in [-0.2, -0.15) is 0 Å². The van der Waals surface area contributed by atoms with Crippen molar-refractivity contribution in [2.75, 3.05) is 11.1 Å². The maximum Gasteiger partial charge on any atom is 0.150 e. The molecule has 0 aliphatic heterocycles. The third kappa shape index (κ3) is 3.01. The summed E-state index contributed by atoms with van der Waals surface area (Å²) < 4.78 is 2.00. The Bertz CT molecular complexity index is 1570. The zero-order valence-electron chi connectivity index (χ0n) is 16.8. The molecule has 0 amide bonds. The van der Waals surface area contributed by atoms with Gasteiger partial charge < -0.3 is 15.6 Å². The van der Waals surface area contributed by atoms with Crippen LogP contribution < -0.4 is 11.1 Å². The predicted molar refractivity (Wildman–Crippen MR) is 131 cm³/mol. The van der Waals surface area contributed by atoms with Crippen molar-refractivity contribution in [1.82, 2.24) is 19.5 Å². The Morgan fingerprint density at radius 1 is 0.969 bits per heavy atom. The molecule has 0 radical (unpaired) electrons. The molecule has 6 rings (SSSR count). The quantitative estimate of drug-likeness (QED) is 0.359. The molecule has 0 atom stereocenters. The molecular weight excluding hydrogens is 420 g/mol. The van der Waals surface area contributed by atoms with Gasteiger partial charge in [-0.25, -0.2) is 15.0 Å². The van der Waals surface area contributed by atoms with Crippen LogP contribution in [0.1, 0.15) is 0 Å². The second kappa shape index (κ2) is 7.21. The van der Waals surface area contributed by atoms with Crippen molar-refractivity contribution < 1.29 is 0 Å². The van der Waals surface area contributed by atoms with Crippen LogP contribution in [0.5, 0.6) is 0 Å². The summed E-state index contributed by atoms with van der Waals surface area (Å²) in [5.74, 6) is 1.17. The molecule has 0 spiro atoms. The van der Waals surface area contributed by atoms with Gasteiger partial charge in [0.05, 0.1) is 10.9 Å². The number of benzene rings is 2. The zero-order chi connectivity index (χ0) is 21.7. The topological polar surface area (TPSA) is 81.7 Å². The first-order chi connectivity index (χ1) is 15.7. The molecular formula is C25H17ClN6. The van der Waals surface area contributed by atoms with E-state index in [0.29, 0.717) is 10.8 Å². The van der Waals surface area contributed by atoms with E-state index >= 15 is 0 Å². The Labute approximate surface area is 188 Å². The van der Waals surface area contributed by atoms with Crippen molar-refractivity contribution in [2.24, 2.45) is 0 Å². The van der Waals surface area contributed by atoms with Crippen LogP contribution in [0.2, 0.25) is 5.02 Å². The molecule has 0 bridgehead atoms. The van der Waals surface area contributed by atoms with Crippen molar-refractivity contribution in [3.05, 3.63) is 90.4 Å². The minimum Gasteiger partial charge on any atom is -0.383 e. The molecule has 7 heteroatoms. The lowest BCUT2D eigenvalue weighted by molar-refractivity contribution is 1.10. The molecule has 0 saturated heterocycles. The highest BCUT2D eigenvalue weighted by atomic mass is 35.5. The molecule has 0 saturated carbocycles. The molecule has 6 nitrogen and oxygen atoms in total.